The molecule has 0 aromatic heterocycles. The van der Waals surface area contributed by atoms with E-state index in [4.69, 9.17) is 9.05 Å². The largest absolute Gasteiger partial charge is 0.756 e. The number of nitrogens with zero attached hydrogens (tertiary/aromatic N) is 1. The fourth-order valence-electron chi connectivity index (χ4n) is 5.43. The van der Waals surface area contributed by atoms with Crippen LogP contribution in [0.5, 0.6) is 0 Å². The van der Waals surface area contributed by atoms with Gasteiger partial charge in [-0.05, 0) is 57.8 Å². The van der Waals surface area contributed by atoms with Crippen LogP contribution in [0.25, 0.3) is 0 Å². The second-order valence-electron chi connectivity index (χ2n) is 15.0. The summed E-state index contributed by atoms with van der Waals surface area (Å²) in [6.45, 7) is 4.48. The lowest BCUT2D eigenvalue weighted by Crippen LogP contribution is -2.45. The topological polar surface area (TPSA) is 108 Å². The minimum Gasteiger partial charge on any atom is -0.756 e. The quantitative estimate of drug-likeness (QED) is 0.0286. The fraction of sp³-hybridized carbons (Fsp3) is 0.744. The standard InChI is InChI=1S/C43H79N2O6P/c1-6-8-10-12-14-16-18-19-20-21-22-23-24-25-27-29-31-33-35-37-43(47)44-41(40-51-52(48,49)50-39-38-45(3,4)5)42(46)36-34-32-30-28-26-17-15-13-11-9-7-2/h8,10,14,16,19-20,22-23,34,36,41-42,46H,6-7,9,11-13,15,17-18,21,24-33,35,37-40H2,1-5H3,(H-,44,47,48,49)/b10-8-,16-14-,20-19-,23-22-,36-34+. The number of aliphatic hydroxyl groups excluding tert-OH is 1. The predicted octanol–water partition coefficient (Wildman–Crippen LogP) is 10.4. The van der Waals surface area contributed by atoms with Gasteiger partial charge in [-0.2, -0.15) is 0 Å². The monoisotopic (exact) mass is 751 g/mol. The highest BCUT2D eigenvalue weighted by Crippen LogP contribution is 2.38. The number of hydrogen-bond donors (Lipinski definition) is 2. The van der Waals surface area contributed by atoms with Gasteiger partial charge in [0.15, 0.2) is 0 Å². The Bertz CT molecular complexity index is 1030. The van der Waals surface area contributed by atoms with Gasteiger partial charge in [-0.3, -0.25) is 9.36 Å². The molecule has 8 nitrogen and oxygen atoms in total. The van der Waals surface area contributed by atoms with Crippen molar-refractivity contribution in [2.75, 3.05) is 40.9 Å². The maximum Gasteiger partial charge on any atom is 0.268 e. The molecule has 0 aromatic rings. The first-order valence-electron chi connectivity index (χ1n) is 20.7. The molecule has 0 aliphatic rings. The first-order valence-corrected chi connectivity index (χ1v) is 22.1. The number of unbranched alkanes of at least 4 members (excludes halogenated alkanes) is 15. The summed E-state index contributed by atoms with van der Waals surface area (Å²) in [5.41, 5.74) is 0. The maximum atomic E-state index is 12.8. The number of phosphoric ester groups is 1. The predicted molar refractivity (Wildman–Crippen MR) is 219 cm³/mol. The van der Waals surface area contributed by atoms with Crippen molar-refractivity contribution in [3.63, 3.8) is 0 Å². The van der Waals surface area contributed by atoms with Crippen molar-refractivity contribution in [2.45, 2.75) is 167 Å². The molecule has 0 fully saturated rings. The number of amides is 1. The molecule has 302 valence electrons. The van der Waals surface area contributed by atoms with Crippen LogP contribution in [0.15, 0.2) is 60.8 Å². The van der Waals surface area contributed by atoms with Gasteiger partial charge in [0.05, 0.1) is 39.9 Å². The lowest BCUT2D eigenvalue weighted by Gasteiger charge is -2.29. The molecule has 1 amide bonds. The first-order chi connectivity index (χ1) is 25.0. The highest BCUT2D eigenvalue weighted by Gasteiger charge is 2.23. The molecule has 0 aliphatic carbocycles. The van der Waals surface area contributed by atoms with E-state index in [-0.39, 0.29) is 19.1 Å². The zero-order valence-electron chi connectivity index (χ0n) is 34.0. The van der Waals surface area contributed by atoms with Crippen LogP contribution < -0.4 is 10.2 Å². The summed E-state index contributed by atoms with van der Waals surface area (Å²) in [6, 6.07) is -0.894. The molecule has 0 saturated heterocycles. The van der Waals surface area contributed by atoms with Gasteiger partial charge in [-0.15, -0.1) is 0 Å². The highest BCUT2D eigenvalue weighted by molar-refractivity contribution is 7.45. The molecule has 3 unspecified atom stereocenters. The van der Waals surface area contributed by atoms with Crippen LogP contribution in [0, 0.1) is 0 Å². The average molecular weight is 751 g/mol. The van der Waals surface area contributed by atoms with Crippen LogP contribution in [-0.4, -0.2) is 68.5 Å². The van der Waals surface area contributed by atoms with E-state index in [0.29, 0.717) is 17.4 Å². The van der Waals surface area contributed by atoms with Gasteiger partial charge in [0, 0.05) is 6.42 Å². The third-order valence-electron chi connectivity index (χ3n) is 8.73. The Morgan fingerprint density at radius 1 is 0.692 bits per heavy atom. The van der Waals surface area contributed by atoms with E-state index in [1.807, 2.05) is 27.2 Å². The van der Waals surface area contributed by atoms with E-state index in [9.17, 15) is 19.4 Å². The number of quaternary nitrogens is 1. The van der Waals surface area contributed by atoms with Crippen molar-refractivity contribution >= 4 is 13.7 Å². The Labute approximate surface area is 320 Å². The average Bonchev–Trinajstić information content (AvgIpc) is 3.09. The van der Waals surface area contributed by atoms with Crippen molar-refractivity contribution in [3.8, 4) is 0 Å². The fourth-order valence-corrected chi connectivity index (χ4v) is 6.16. The summed E-state index contributed by atoms with van der Waals surface area (Å²) in [5, 5.41) is 13.7. The zero-order chi connectivity index (χ0) is 38.6. The lowest BCUT2D eigenvalue weighted by molar-refractivity contribution is -0.870. The van der Waals surface area contributed by atoms with Crippen molar-refractivity contribution in [1.82, 2.24) is 5.32 Å². The van der Waals surface area contributed by atoms with Crippen LogP contribution in [0.3, 0.4) is 0 Å². The Balaban J connectivity index is 4.46. The number of likely N-dealkylation sites (N-methyl/N-ethyl adjacent to an activating group) is 1. The van der Waals surface area contributed by atoms with E-state index >= 15 is 0 Å². The number of carbonyl (C=O) groups is 1. The number of phosphoric acid groups is 1. The zero-order valence-corrected chi connectivity index (χ0v) is 34.9. The normalized spacial score (nSPS) is 15.1. The molecule has 0 heterocycles. The first kappa shape index (κ1) is 50.2. The van der Waals surface area contributed by atoms with E-state index in [1.165, 1.54) is 57.8 Å². The van der Waals surface area contributed by atoms with Gasteiger partial charge in [-0.25, -0.2) is 0 Å². The van der Waals surface area contributed by atoms with Gasteiger partial charge in [0.2, 0.25) is 5.91 Å². The summed E-state index contributed by atoms with van der Waals surface area (Å²) in [7, 11) is 1.24. The molecule has 0 spiro atoms. The molecule has 2 N–H and O–H groups in total. The van der Waals surface area contributed by atoms with Gasteiger partial charge >= 0.3 is 0 Å². The second kappa shape index (κ2) is 34.9. The third kappa shape index (κ3) is 36.6. The second-order valence-corrected chi connectivity index (χ2v) is 16.4. The minimum absolute atomic E-state index is 0.00701. The molecule has 52 heavy (non-hydrogen) atoms. The number of allylic oxidation sites excluding steroid dienone is 9. The summed E-state index contributed by atoms with van der Waals surface area (Å²) < 4.78 is 23.1. The summed E-state index contributed by atoms with van der Waals surface area (Å²) in [4.78, 5) is 25.2. The van der Waals surface area contributed by atoms with Crippen LogP contribution in [0.1, 0.15) is 155 Å². The molecule has 0 radical (unpaired) electrons. The van der Waals surface area contributed by atoms with E-state index < -0.39 is 20.0 Å². The Morgan fingerprint density at radius 2 is 1.17 bits per heavy atom. The van der Waals surface area contributed by atoms with Gasteiger partial charge in [-0.1, -0.05) is 152 Å². The number of nitrogens with one attached hydrogen (secondary N) is 1. The molecular formula is C43H79N2O6P. The molecule has 0 aliphatic heterocycles. The Kier molecular flexibility index (Phi) is 33.7. The van der Waals surface area contributed by atoms with Crippen molar-refractivity contribution in [1.29, 1.82) is 0 Å². The summed E-state index contributed by atoms with van der Waals surface area (Å²) in [5.74, 6) is -0.217. The van der Waals surface area contributed by atoms with Crippen LogP contribution in [0.2, 0.25) is 0 Å². The molecule has 9 heteroatoms. The SMILES string of the molecule is CC/C=C\C/C=C\C/C=C\C/C=C\CCCCCCCCC(=O)NC(COP(=O)([O-])OCC[N+](C)(C)C)C(O)/C=C/CCCCCCCCCCC. The van der Waals surface area contributed by atoms with E-state index in [0.717, 1.165) is 77.0 Å². The number of rotatable bonds is 36. The molecule has 3 atom stereocenters. The van der Waals surface area contributed by atoms with Gasteiger partial charge in [0.25, 0.3) is 7.82 Å². The van der Waals surface area contributed by atoms with Gasteiger partial charge in [0.1, 0.15) is 13.2 Å². The minimum atomic E-state index is -4.59. The molecule has 0 saturated carbocycles. The maximum absolute atomic E-state index is 12.8. The lowest BCUT2D eigenvalue weighted by atomic mass is 10.1. The number of carbonyl (C=O) groups excluding carboxylic acids is 1. The molecule has 0 bridgehead atoms. The summed E-state index contributed by atoms with van der Waals surface area (Å²) >= 11 is 0. The van der Waals surface area contributed by atoms with Crippen molar-refractivity contribution in [3.05, 3.63) is 60.8 Å². The Morgan fingerprint density at radius 3 is 1.71 bits per heavy atom. The van der Waals surface area contributed by atoms with Gasteiger partial charge < -0.3 is 28.8 Å². The van der Waals surface area contributed by atoms with Crippen LogP contribution in [-0.2, 0) is 18.4 Å². The summed E-state index contributed by atoms with van der Waals surface area (Å²) in [6.07, 6.45) is 44.0. The molecule has 0 aromatic carbocycles. The highest BCUT2D eigenvalue weighted by atomic mass is 31.2. The van der Waals surface area contributed by atoms with Crippen molar-refractivity contribution < 1.29 is 32.9 Å². The third-order valence-corrected chi connectivity index (χ3v) is 9.70. The number of hydrogen-bond acceptors (Lipinski definition) is 6. The van der Waals surface area contributed by atoms with Crippen LogP contribution in [0.4, 0.5) is 0 Å². The molecule has 0 rings (SSSR count). The van der Waals surface area contributed by atoms with Crippen molar-refractivity contribution in [2.24, 2.45) is 0 Å². The van der Waals surface area contributed by atoms with Crippen LogP contribution >= 0.6 is 7.82 Å². The smallest absolute Gasteiger partial charge is 0.268 e. The Hall–Kier alpha value is -1.80. The van der Waals surface area contributed by atoms with E-state index in [2.05, 4.69) is 67.8 Å². The van der Waals surface area contributed by atoms with E-state index in [1.54, 1.807) is 6.08 Å². The molecular weight excluding hydrogens is 671 g/mol. The number of aliphatic hydroxyl groups is 1.